The number of hydrogen-bond donors (Lipinski definition) is 1. The molecule has 0 spiro atoms. The van der Waals surface area contributed by atoms with E-state index in [0.717, 1.165) is 43.9 Å². The number of rotatable bonds is 4. The monoisotopic (exact) mass is 387 g/mol. The van der Waals surface area contributed by atoms with Crippen LogP contribution in [0.5, 0.6) is 0 Å². The highest BCUT2D eigenvalue weighted by Crippen LogP contribution is 2.20. The Hall–Kier alpha value is -2.15. The van der Waals surface area contributed by atoms with E-state index in [1.807, 2.05) is 0 Å². The molecular weight excluding hydrogens is 370 g/mol. The second-order valence-electron chi connectivity index (χ2n) is 6.26. The smallest absolute Gasteiger partial charge is 0.311 e. The first kappa shape index (κ1) is 17.3. The molecule has 26 heavy (non-hydrogen) atoms. The van der Waals surface area contributed by atoms with Gasteiger partial charge in [-0.2, -0.15) is 11.3 Å². The van der Waals surface area contributed by atoms with Gasteiger partial charge in [0, 0.05) is 43.2 Å². The van der Waals surface area contributed by atoms with E-state index >= 15 is 0 Å². The summed E-state index contributed by atoms with van der Waals surface area (Å²) in [5.41, 5.74) is 2.89. The Labute approximate surface area is 160 Å². The van der Waals surface area contributed by atoms with Gasteiger partial charge in [0.2, 0.25) is 0 Å². The molecule has 1 N–H and O–H groups in total. The zero-order valence-corrected chi connectivity index (χ0v) is 15.6. The largest absolute Gasteiger partial charge is 0.437 e. The lowest BCUT2D eigenvalue weighted by Crippen LogP contribution is -2.25. The molecule has 2 aromatic heterocycles. The van der Waals surface area contributed by atoms with Gasteiger partial charge in [-0.1, -0.05) is 11.6 Å². The van der Waals surface area contributed by atoms with Crippen LogP contribution in [-0.2, 0) is 19.4 Å². The van der Waals surface area contributed by atoms with Gasteiger partial charge >= 0.3 is 5.91 Å². The highest BCUT2D eigenvalue weighted by molar-refractivity contribution is 7.07. The average Bonchev–Trinajstić information content (AvgIpc) is 3.25. The second-order valence-corrected chi connectivity index (χ2v) is 7.47. The molecule has 7 heteroatoms. The Morgan fingerprint density at radius 1 is 1.23 bits per heavy atom. The highest BCUT2D eigenvalue weighted by Gasteiger charge is 2.23. The van der Waals surface area contributed by atoms with Gasteiger partial charge in [0.25, 0.3) is 5.89 Å². The van der Waals surface area contributed by atoms with E-state index in [0.29, 0.717) is 10.7 Å². The fourth-order valence-corrected chi connectivity index (χ4v) is 3.81. The summed E-state index contributed by atoms with van der Waals surface area (Å²) in [5, 5.41) is 7.69. The summed E-state index contributed by atoms with van der Waals surface area (Å²) in [6, 6.07) is 9.10. The maximum atomic E-state index is 12.4. The van der Waals surface area contributed by atoms with Crippen molar-refractivity contribution in [2.75, 3.05) is 18.4 Å². The minimum absolute atomic E-state index is 0.122. The predicted molar refractivity (Wildman–Crippen MR) is 103 cm³/mol. The van der Waals surface area contributed by atoms with Crippen LogP contribution in [0.25, 0.3) is 0 Å². The lowest BCUT2D eigenvalue weighted by molar-refractivity contribution is 0.0988. The number of oxazole rings is 1. The summed E-state index contributed by atoms with van der Waals surface area (Å²) < 4.78 is 5.75. The third-order valence-electron chi connectivity index (χ3n) is 4.38. The van der Waals surface area contributed by atoms with Crippen molar-refractivity contribution >= 4 is 34.5 Å². The average molecular weight is 388 g/mol. The SMILES string of the molecule is O=C(Nc1ccc(Cl)cc1)c1nc2c(o1)CCN(Cc1ccsc1)CC2. The van der Waals surface area contributed by atoms with Crippen LogP contribution in [0, 0.1) is 0 Å². The van der Waals surface area contributed by atoms with Crippen LogP contribution in [-0.4, -0.2) is 28.9 Å². The van der Waals surface area contributed by atoms with E-state index in [1.54, 1.807) is 35.6 Å². The molecule has 0 fully saturated rings. The second kappa shape index (κ2) is 7.61. The molecule has 1 aliphatic heterocycles. The summed E-state index contributed by atoms with van der Waals surface area (Å²) in [6.07, 6.45) is 1.55. The van der Waals surface area contributed by atoms with Crippen LogP contribution in [0.1, 0.15) is 27.7 Å². The summed E-state index contributed by atoms with van der Waals surface area (Å²) in [5.74, 6) is 0.603. The van der Waals surface area contributed by atoms with E-state index in [1.165, 1.54) is 5.56 Å². The van der Waals surface area contributed by atoms with Crippen LogP contribution in [0.15, 0.2) is 45.5 Å². The Bertz CT molecular complexity index is 865. The lowest BCUT2D eigenvalue weighted by Gasteiger charge is -2.18. The summed E-state index contributed by atoms with van der Waals surface area (Å²) in [4.78, 5) is 19.2. The molecular formula is C19H18ClN3O2S. The number of halogens is 1. The van der Waals surface area contributed by atoms with Crippen LogP contribution in [0.4, 0.5) is 5.69 Å². The Morgan fingerprint density at radius 3 is 2.81 bits per heavy atom. The van der Waals surface area contributed by atoms with Gasteiger partial charge in [-0.25, -0.2) is 4.98 Å². The topological polar surface area (TPSA) is 58.4 Å². The molecule has 0 saturated carbocycles. The summed E-state index contributed by atoms with van der Waals surface area (Å²) >= 11 is 7.58. The highest BCUT2D eigenvalue weighted by atomic mass is 35.5. The molecule has 0 unspecified atom stereocenters. The number of nitrogens with one attached hydrogen (secondary N) is 1. The molecule has 0 saturated heterocycles. The van der Waals surface area contributed by atoms with Crippen molar-refractivity contribution in [1.29, 1.82) is 0 Å². The molecule has 3 heterocycles. The van der Waals surface area contributed by atoms with Crippen LogP contribution in [0.2, 0.25) is 5.02 Å². The standard InChI is InChI=1S/C19H18ClN3O2S/c20-14-1-3-15(4-2-14)21-18(24)19-22-16-5-8-23(9-6-17(16)25-19)11-13-7-10-26-12-13/h1-4,7,10,12H,5-6,8-9,11H2,(H,21,24). The number of aromatic nitrogens is 1. The molecule has 3 aromatic rings. The van der Waals surface area contributed by atoms with Crippen LogP contribution in [0.3, 0.4) is 0 Å². The normalized spacial score (nSPS) is 14.7. The third kappa shape index (κ3) is 3.98. The van der Waals surface area contributed by atoms with Crippen molar-refractivity contribution in [1.82, 2.24) is 9.88 Å². The number of nitrogens with zero attached hydrogens (tertiary/aromatic N) is 2. The van der Waals surface area contributed by atoms with Gasteiger partial charge in [0.1, 0.15) is 5.76 Å². The van der Waals surface area contributed by atoms with E-state index in [2.05, 4.69) is 32.0 Å². The molecule has 5 nitrogen and oxygen atoms in total. The Morgan fingerprint density at radius 2 is 2.04 bits per heavy atom. The Kier molecular flexibility index (Phi) is 5.06. The van der Waals surface area contributed by atoms with E-state index in [-0.39, 0.29) is 11.8 Å². The van der Waals surface area contributed by atoms with Crippen molar-refractivity contribution in [3.8, 4) is 0 Å². The Balaban J connectivity index is 1.40. The number of amides is 1. The lowest BCUT2D eigenvalue weighted by atomic mass is 10.2. The molecule has 0 aliphatic carbocycles. The third-order valence-corrected chi connectivity index (χ3v) is 5.36. The van der Waals surface area contributed by atoms with Gasteiger partial charge < -0.3 is 9.73 Å². The zero-order valence-electron chi connectivity index (χ0n) is 14.1. The number of carbonyl (C=O) groups excluding carboxylic acids is 1. The van der Waals surface area contributed by atoms with Crippen molar-refractivity contribution in [3.05, 3.63) is 69.0 Å². The molecule has 1 amide bonds. The van der Waals surface area contributed by atoms with E-state index in [9.17, 15) is 4.79 Å². The minimum atomic E-state index is -0.337. The van der Waals surface area contributed by atoms with Crippen molar-refractivity contribution in [2.45, 2.75) is 19.4 Å². The molecule has 1 aromatic carbocycles. The molecule has 134 valence electrons. The minimum Gasteiger partial charge on any atom is -0.437 e. The number of anilines is 1. The quantitative estimate of drug-likeness (QED) is 0.727. The number of benzene rings is 1. The molecule has 4 rings (SSSR count). The number of thiophene rings is 1. The fourth-order valence-electron chi connectivity index (χ4n) is 3.02. The molecule has 1 aliphatic rings. The molecule has 0 radical (unpaired) electrons. The van der Waals surface area contributed by atoms with E-state index in [4.69, 9.17) is 16.0 Å². The number of carbonyl (C=O) groups is 1. The van der Waals surface area contributed by atoms with Crippen LogP contribution < -0.4 is 5.32 Å². The maximum absolute atomic E-state index is 12.4. The summed E-state index contributed by atoms with van der Waals surface area (Å²) in [7, 11) is 0. The number of fused-ring (bicyclic) bond motifs is 1. The summed E-state index contributed by atoms with van der Waals surface area (Å²) in [6.45, 7) is 2.75. The van der Waals surface area contributed by atoms with Crippen molar-refractivity contribution in [3.63, 3.8) is 0 Å². The van der Waals surface area contributed by atoms with Crippen molar-refractivity contribution in [2.24, 2.45) is 0 Å². The van der Waals surface area contributed by atoms with Crippen molar-refractivity contribution < 1.29 is 9.21 Å². The van der Waals surface area contributed by atoms with Gasteiger partial charge in [0.15, 0.2) is 0 Å². The first-order valence-corrected chi connectivity index (χ1v) is 9.78. The van der Waals surface area contributed by atoms with Gasteiger partial charge in [0.05, 0.1) is 5.69 Å². The maximum Gasteiger partial charge on any atom is 0.311 e. The molecule has 0 atom stereocenters. The fraction of sp³-hybridized carbons (Fsp3) is 0.263. The van der Waals surface area contributed by atoms with Gasteiger partial charge in [-0.05, 0) is 46.7 Å². The van der Waals surface area contributed by atoms with Crippen LogP contribution >= 0.6 is 22.9 Å². The molecule has 0 bridgehead atoms. The zero-order chi connectivity index (χ0) is 17.9. The van der Waals surface area contributed by atoms with Gasteiger partial charge in [-0.3, -0.25) is 9.69 Å². The van der Waals surface area contributed by atoms with Gasteiger partial charge in [-0.15, -0.1) is 0 Å². The van der Waals surface area contributed by atoms with E-state index < -0.39 is 0 Å². The first-order chi connectivity index (χ1) is 12.7. The number of hydrogen-bond acceptors (Lipinski definition) is 5. The first-order valence-electron chi connectivity index (χ1n) is 8.46. The predicted octanol–water partition coefficient (Wildman–Crippen LogP) is 4.24.